The molecule has 3 aromatic rings. The number of nitrogens with one attached hydrogen (secondary N) is 1. The van der Waals surface area contributed by atoms with Crippen LogP contribution >= 0.6 is 22.9 Å². The average molecular weight is 411 g/mol. The van der Waals surface area contributed by atoms with Crippen LogP contribution in [0.1, 0.15) is 16.1 Å². The lowest BCUT2D eigenvalue weighted by atomic mass is 10.2. The second-order valence-electron chi connectivity index (χ2n) is 5.72. The maximum Gasteiger partial charge on any atom is 0.216 e. The summed E-state index contributed by atoms with van der Waals surface area (Å²) in [4.78, 5) is 5.30. The summed E-state index contributed by atoms with van der Waals surface area (Å²) in [5.74, 6) is -0.736. The van der Waals surface area contributed by atoms with Crippen molar-refractivity contribution >= 4 is 33.0 Å². The molecule has 0 fully saturated rings. The van der Waals surface area contributed by atoms with E-state index in [0.717, 1.165) is 21.1 Å². The van der Waals surface area contributed by atoms with Gasteiger partial charge >= 0.3 is 0 Å². The van der Waals surface area contributed by atoms with Gasteiger partial charge in [-0.1, -0.05) is 41.9 Å². The highest BCUT2D eigenvalue weighted by molar-refractivity contribution is 7.88. The topological polar surface area (TPSA) is 59.1 Å². The first kappa shape index (κ1) is 19.0. The Morgan fingerprint density at radius 1 is 1.19 bits per heavy atom. The second-order valence-corrected chi connectivity index (χ2v) is 9.02. The fraction of sp³-hybridized carbons (Fsp3) is 0.167. The molecule has 0 radical (unpaired) electrons. The van der Waals surface area contributed by atoms with E-state index in [9.17, 15) is 12.8 Å². The molecule has 0 amide bonds. The van der Waals surface area contributed by atoms with Crippen molar-refractivity contribution in [1.82, 2.24) is 9.71 Å². The average Bonchev–Trinajstić information content (AvgIpc) is 2.94. The van der Waals surface area contributed by atoms with Gasteiger partial charge < -0.3 is 0 Å². The van der Waals surface area contributed by atoms with E-state index in [-0.39, 0.29) is 12.3 Å². The molecule has 0 atom stereocenters. The van der Waals surface area contributed by atoms with E-state index in [1.165, 1.54) is 29.5 Å². The summed E-state index contributed by atoms with van der Waals surface area (Å²) >= 11 is 7.59. The van der Waals surface area contributed by atoms with Gasteiger partial charge in [-0.3, -0.25) is 0 Å². The smallest absolute Gasteiger partial charge is 0.216 e. The summed E-state index contributed by atoms with van der Waals surface area (Å²) in [5, 5.41) is 1.34. The van der Waals surface area contributed by atoms with Crippen LogP contribution in [0.2, 0.25) is 5.02 Å². The third-order valence-corrected chi connectivity index (χ3v) is 6.51. The molecule has 0 aliphatic heterocycles. The Morgan fingerprint density at radius 2 is 1.96 bits per heavy atom. The zero-order valence-electron chi connectivity index (χ0n) is 13.9. The molecule has 1 N–H and O–H groups in total. The number of nitrogens with zero attached hydrogens (tertiary/aromatic N) is 1. The fourth-order valence-electron chi connectivity index (χ4n) is 2.41. The van der Waals surface area contributed by atoms with Gasteiger partial charge in [-0.25, -0.2) is 22.5 Å². The molecule has 2 aromatic carbocycles. The molecule has 1 heterocycles. The van der Waals surface area contributed by atoms with Gasteiger partial charge in [-0.2, -0.15) is 0 Å². The number of halogens is 2. The van der Waals surface area contributed by atoms with Crippen LogP contribution in [-0.2, 0) is 22.3 Å². The third-order valence-electron chi connectivity index (χ3n) is 3.70. The van der Waals surface area contributed by atoms with Crippen molar-refractivity contribution < 1.29 is 12.8 Å². The number of rotatable bonds is 6. The van der Waals surface area contributed by atoms with Crippen LogP contribution in [0.15, 0.2) is 48.5 Å². The van der Waals surface area contributed by atoms with Crippen molar-refractivity contribution in [2.75, 3.05) is 0 Å². The van der Waals surface area contributed by atoms with Crippen LogP contribution in [0.4, 0.5) is 4.39 Å². The quantitative estimate of drug-likeness (QED) is 0.649. The molecule has 8 heteroatoms. The summed E-state index contributed by atoms with van der Waals surface area (Å²) in [5.41, 5.74) is 1.96. The maximum absolute atomic E-state index is 13.2. The Bertz CT molecular complexity index is 1040. The number of benzene rings is 2. The lowest BCUT2D eigenvalue weighted by Gasteiger charge is -2.06. The molecule has 0 saturated heterocycles. The Balaban J connectivity index is 1.72. The van der Waals surface area contributed by atoms with Crippen molar-refractivity contribution in [2.24, 2.45) is 0 Å². The molecule has 0 aliphatic carbocycles. The van der Waals surface area contributed by atoms with Crippen molar-refractivity contribution in [1.29, 1.82) is 0 Å². The largest absolute Gasteiger partial charge is 0.241 e. The molecule has 136 valence electrons. The molecule has 0 unspecified atom stereocenters. The number of aryl methyl sites for hydroxylation is 1. The molecular formula is C18H16ClFN2O2S2. The Morgan fingerprint density at radius 3 is 2.69 bits per heavy atom. The van der Waals surface area contributed by atoms with Gasteiger partial charge in [-0.05, 0) is 30.7 Å². The maximum atomic E-state index is 13.2. The second kappa shape index (κ2) is 7.84. The van der Waals surface area contributed by atoms with Gasteiger partial charge in [-0.15, -0.1) is 11.3 Å². The fourth-order valence-corrected chi connectivity index (χ4v) is 4.91. The zero-order chi connectivity index (χ0) is 18.7. The Labute approximate surface area is 160 Å². The lowest BCUT2D eigenvalue weighted by molar-refractivity contribution is 0.580. The van der Waals surface area contributed by atoms with E-state index < -0.39 is 15.8 Å². The minimum Gasteiger partial charge on any atom is -0.241 e. The minimum atomic E-state index is -3.59. The first-order valence-electron chi connectivity index (χ1n) is 7.77. The van der Waals surface area contributed by atoms with Gasteiger partial charge in [0, 0.05) is 17.0 Å². The first-order valence-corrected chi connectivity index (χ1v) is 10.6. The van der Waals surface area contributed by atoms with Crippen LogP contribution in [0.5, 0.6) is 0 Å². The molecule has 3 rings (SSSR count). The summed E-state index contributed by atoms with van der Waals surface area (Å²) in [6.45, 7) is 1.96. The van der Waals surface area contributed by atoms with E-state index in [1.807, 2.05) is 25.1 Å². The van der Waals surface area contributed by atoms with Gasteiger partial charge in [0.25, 0.3) is 0 Å². The van der Waals surface area contributed by atoms with Crippen LogP contribution in [0.3, 0.4) is 0 Å². The van der Waals surface area contributed by atoms with E-state index in [1.54, 1.807) is 12.1 Å². The SMILES string of the molecule is Cc1nc(-c2ccccc2Cl)sc1CNS(=O)(=O)Cc1cccc(F)c1. The molecular weight excluding hydrogens is 395 g/mol. The first-order chi connectivity index (χ1) is 12.3. The van der Waals surface area contributed by atoms with Crippen molar-refractivity contribution in [3.8, 4) is 10.6 Å². The van der Waals surface area contributed by atoms with Gasteiger partial charge in [0.15, 0.2) is 0 Å². The molecule has 0 aliphatic rings. The number of hydrogen-bond acceptors (Lipinski definition) is 4. The number of aromatic nitrogens is 1. The molecule has 4 nitrogen and oxygen atoms in total. The zero-order valence-corrected chi connectivity index (χ0v) is 16.3. The molecule has 0 spiro atoms. The van der Waals surface area contributed by atoms with Crippen molar-refractivity contribution in [2.45, 2.75) is 19.2 Å². The van der Waals surface area contributed by atoms with E-state index in [0.29, 0.717) is 10.6 Å². The van der Waals surface area contributed by atoms with E-state index >= 15 is 0 Å². The Kier molecular flexibility index (Phi) is 5.72. The van der Waals surface area contributed by atoms with E-state index in [4.69, 9.17) is 11.6 Å². The summed E-state index contributed by atoms with van der Waals surface area (Å²) in [7, 11) is -3.59. The van der Waals surface area contributed by atoms with Crippen LogP contribution in [0.25, 0.3) is 10.6 Å². The third kappa shape index (κ3) is 4.67. The minimum absolute atomic E-state index is 0.131. The van der Waals surface area contributed by atoms with E-state index in [2.05, 4.69) is 9.71 Å². The summed E-state index contributed by atoms with van der Waals surface area (Å²) in [6.07, 6.45) is 0. The van der Waals surface area contributed by atoms with Crippen LogP contribution < -0.4 is 4.72 Å². The number of sulfonamides is 1. The van der Waals surface area contributed by atoms with Crippen LogP contribution in [0, 0.1) is 12.7 Å². The number of hydrogen-bond donors (Lipinski definition) is 1. The van der Waals surface area contributed by atoms with Gasteiger partial charge in [0.2, 0.25) is 10.0 Å². The summed E-state index contributed by atoms with van der Waals surface area (Å²) in [6, 6.07) is 12.9. The van der Waals surface area contributed by atoms with Crippen LogP contribution in [-0.4, -0.2) is 13.4 Å². The monoisotopic (exact) mass is 410 g/mol. The lowest BCUT2D eigenvalue weighted by Crippen LogP contribution is -2.24. The highest BCUT2D eigenvalue weighted by Gasteiger charge is 2.16. The highest BCUT2D eigenvalue weighted by Crippen LogP contribution is 2.32. The standard InChI is InChI=1S/C18H16ClFN2O2S2/c1-12-17(25-18(22-12)15-7-2-3-8-16(15)19)10-21-26(23,24)11-13-5-4-6-14(20)9-13/h2-9,21H,10-11H2,1H3. The normalized spacial score (nSPS) is 11.7. The number of thiazole rings is 1. The van der Waals surface area contributed by atoms with Crippen molar-refractivity contribution in [3.63, 3.8) is 0 Å². The molecule has 26 heavy (non-hydrogen) atoms. The van der Waals surface area contributed by atoms with Gasteiger partial charge in [0.1, 0.15) is 10.8 Å². The molecule has 0 bridgehead atoms. The predicted octanol–water partition coefficient (Wildman–Crippen LogP) is 4.53. The van der Waals surface area contributed by atoms with Crippen molar-refractivity contribution in [3.05, 3.63) is 75.5 Å². The molecule has 0 saturated carbocycles. The Hall–Kier alpha value is -1.80. The predicted molar refractivity (Wildman–Crippen MR) is 103 cm³/mol. The van der Waals surface area contributed by atoms with Gasteiger partial charge in [0.05, 0.1) is 16.5 Å². The summed E-state index contributed by atoms with van der Waals surface area (Å²) < 4.78 is 40.3. The molecule has 1 aromatic heterocycles. The highest BCUT2D eigenvalue weighted by atomic mass is 35.5.